The van der Waals surface area contributed by atoms with E-state index < -0.39 is 0 Å². The van der Waals surface area contributed by atoms with Crippen molar-refractivity contribution in [3.05, 3.63) is 29.3 Å². The fourth-order valence-corrected chi connectivity index (χ4v) is 2.67. The molecule has 100 valence electrons. The summed E-state index contributed by atoms with van der Waals surface area (Å²) in [6.45, 7) is 7.51. The molecular formula is C15H25N3. The van der Waals surface area contributed by atoms with E-state index in [1.807, 2.05) is 0 Å². The van der Waals surface area contributed by atoms with Crippen molar-refractivity contribution in [3.8, 4) is 0 Å². The first-order chi connectivity index (χ1) is 8.70. The monoisotopic (exact) mass is 247 g/mol. The molecule has 1 aliphatic rings. The molecular weight excluding hydrogens is 222 g/mol. The van der Waals surface area contributed by atoms with Crippen LogP contribution in [0.25, 0.3) is 0 Å². The summed E-state index contributed by atoms with van der Waals surface area (Å²) < 4.78 is 0. The lowest BCUT2D eigenvalue weighted by atomic mass is 10.1. The Labute approximate surface area is 111 Å². The number of likely N-dealkylation sites (N-methyl/N-ethyl adjacent to an activating group) is 1. The maximum Gasteiger partial charge on any atom is 0.0409 e. The van der Waals surface area contributed by atoms with Gasteiger partial charge in [0.1, 0.15) is 0 Å². The minimum atomic E-state index is 0.616. The molecule has 0 atom stereocenters. The topological polar surface area (TPSA) is 32.5 Å². The first kappa shape index (κ1) is 13.4. The zero-order chi connectivity index (χ0) is 13.0. The van der Waals surface area contributed by atoms with E-state index in [4.69, 9.17) is 5.73 Å². The molecule has 0 spiro atoms. The molecule has 1 saturated heterocycles. The average Bonchev–Trinajstić information content (AvgIpc) is 2.88. The maximum atomic E-state index is 5.84. The molecule has 0 unspecified atom stereocenters. The van der Waals surface area contributed by atoms with Gasteiger partial charge in [0.05, 0.1) is 0 Å². The standard InChI is InChI=1S/C15H25N3/c1-13-5-6-15(14(11-13)12-16)17(2)9-10-18-7-3-4-8-18/h5-6,11H,3-4,7-10,12,16H2,1-2H3. The van der Waals surface area contributed by atoms with E-state index >= 15 is 0 Å². The number of aryl methyl sites for hydroxylation is 1. The van der Waals surface area contributed by atoms with Crippen LogP contribution < -0.4 is 10.6 Å². The lowest BCUT2D eigenvalue weighted by molar-refractivity contribution is 0.346. The molecule has 18 heavy (non-hydrogen) atoms. The summed E-state index contributed by atoms with van der Waals surface area (Å²) in [5.41, 5.74) is 9.65. The number of hydrogen-bond donors (Lipinski definition) is 1. The van der Waals surface area contributed by atoms with Crippen molar-refractivity contribution in [2.24, 2.45) is 5.73 Å². The molecule has 3 heteroatoms. The number of nitrogens with two attached hydrogens (primary N) is 1. The van der Waals surface area contributed by atoms with Crippen molar-refractivity contribution in [1.29, 1.82) is 0 Å². The van der Waals surface area contributed by atoms with Gasteiger partial charge in [-0.3, -0.25) is 0 Å². The Hall–Kier alpha value is -1.06. The summed E-state index contributed by atoms with van der Waals surface area (Å²) >= 11 is 0. The highest BCUT2D eigenvalue weighted by molar-refractivity contribution is 5.54. The Morgan fingerprint density at radius 1 is 1.28 bits per heavy atom. The van der Waals surface area contributed by atoms with Crippen LogP contribution in [0.1, 0.15) is 24.0 Å². The van der Waals surface area contributed by atoms with Gasteiger partial charge < -0.3 is 15.5 Å². The second-order valence-electron chi connectivity index (χ2n) is 5.31. The van der Waals surface area contributed by atoms with Crippen LogP contribution in [-0.4, -0.2) is 38.1 Å². The van der Waals surface area contributed by atoms with E-state index in [2.05, 4.69) is 42.0 Å². The van der Waals surface area contributed by atoms with Gasteiger partial charge in [0.15, 0.2) is 0 Å². The van der Waals surface area contributed by atoms with E-state index in [-0.39, 0.29) is 0 Å². The number of nitrogens with zero attached hydrogens (tertiary/aromatic N) is 2. The fourth-order valence-electron chi connectivity index (χ4n) is 2.67. The Morgan fingerprint density at radius 3 is 2.67 bits per heavy atom. The number of likely N-dealkylation sites (tertiary alicyclic amines) is 1. The molecule has 1 aromatic rings. The van der Waals surface area contributed by atoms with Crippen LogP contribution >= 0.6 is 0 Å². The second-order valence-corrected chi connectivity index (χ2v) is 5.31. The summed E-state index contributed by atoms with van der Waals surface area (Å²) in [6, 6.07) is 6.56. The van der Waals surface area contributed by atoms with Gasteiger partial charge in [-0.05, 0) is 44.5 Å². The Balaban J connectivity index is 1.96. The van der Waals surface area contributed by atoms with Crippen molar-refractivity contribution in [1.82, 2.24) is 4.90 Å². The molecule has 0 saturated carbocycles. The normalized spacial score (nSPS) is 16.2. The van der Waals surface area contributed by atoms with Gasteiger partial charge in [-0.15, -0.1) is 0 Å². The number of hydrogen-bond acceptors (Lipinski definition) is 3. The Kier molecular flexibility index (Phi) is 4.61. The fraction of sp³-hybridized carbons (Fsp3) is 0.600. The molecule has 2 N–H and O–H groups in total. The van der Waals surface area contributed by atoms with Gasteiger partial charge in [0, 0.05) is 32.4 Å². The van der Waals surface area contributed by atoms with Crippen LogP contribution in [0.5, 0.6) is 0 Å². The van der Waals surface area contributed by atoms with Crippen LogP contribution in [0.2, 0.25) is 0 Å². The minimum Gasteiger partial charge on any atom is -0.373 e. The van der Waals surface area contributed by atoms with Gasteiger partial charge in [-0.2, -0.15) is 0 Å². The SMILES string of the molecule is Cc1ccc(N(C)CCN2CCCC2)c(CN)c1. The van der Waals surface area contributed by atoms with Gasteiger partial charge in [-0.25, -0.2) is 0 Å². The van der Waals surface area contributed by atoms with Crippen LogP contribution in [0.15, 0.2) is 18.2 Å². The van der Waals surface area contributed by atoms with Crippen molar-refractivity contribution >= 4 is 5.69 Å². The van der Waals surface area contributed by atoms with Gasteiger partial charge in [-0.1, -0.05) is 17.7 Å². The lowest BCUT2D eigenvalue weighted by Gasteiger charge is -2.25. The van der Waals surface area contributed by atoms with Crippen molar-refractivity contribution < 1.29 is 0 Å². The van der Waals surface area contributed by atoms with Gasteiger partial charge in [0.2, 0.25) is 0 Å². The molecule has 0 aliphatic carbocycles. The first-order valence-corrected chi connectivity index (χ1v) is 6.94. The summed E-state index contributed by atoms with van der Waals surface area (Å²) in [5, 5.41) is 0. The first-order valence-electron chi connectivity index (χ1n) is 6.94. The van der Waals surface area contributed by atoms with E-state index in [0.717, 1.165) is 13.1 Å². The van der Waals surface area contributed by atoms with Crippen LogP contribution in [0, 0.1) is 6.92 Å². The molecule has 1 heterocycles. The molecule has 3 nitrogen and oxygen atoms in total. The highest BCUT2D eigenvalue weighted by atomic mass is 15.2. The van der Waals surface area contributed by atoms with E-state index in [1.54, 1.807) is 0 Å². The summed E-state index contributed by atoms with van der Waals surface area (Å²) in [6.07, 6.45) is 2.73. The Bertz CT molecular complexity index is 383. The molecule has 1 aromatic carbocycles. The zero-order valence-electron chi connectivity index (χ0n) is 11.7. The highest BCUT2D eigenvalue weighted by Gasteiger charge is 2.13. The molecule has 2 rings (SSSR count). The smallest absolute Gasteiger partial charge is 0.0409 e. The molecule has 0 aromatic heterocycles. The quantitative estimate of drug-likeness (QED) is 0.863. The van der Waals surface area contributed by atoms with Crippen molar-refractivity contribution in [3.63, 3.8) is 0 Å². The van der Waals surface area contributed by atoms with E-state index in [9.17, 15) is 0 Å². The van der Waals surface area contributed by atoms with Crippen molar-refractivity contribution in [2.75, 3.05) is 38.1 Å². The Morgan fingerprint density at radius 2 is 2.00 bits per heavy atom. The third kappa shape index (κ3) is 3.24. The number of rotatable bonds is 5. The zero-order valence-corrected chi connectivity index (χ0v) is 11.7. The van der Waals surface area contributed by atoms with E-state index in [1.165, 1.54) is 42.7 Å². The summed E-state index contributed by atoms with van der Waals surface area (Å²) in [7, 11) is 2.17. The van der Waals surface area contributed by atoms with Crippen LogP contribution in [0.4, 0.5) is 5.69 Å². The third-order valence-electron chi connectivity index (χ3n) is 3.82. The molecule has 0 bridgehead atoms. The second kappa shape index (κ2) is 6.21. The van der Waals surface area contributed by atoms with Crippen LogP contribution in [0.3, 0.4) is 0 Å². The molecule has 1 fully saturated rings. The lowest BCUT2D eigenvalue weighted by Crippen LogP contribution is -2.32. The minimum absolute atomic E-state index is 0.616. The predicted octanol–water partition coefficient (Wildman–Crippen LogP) is 1.99. The van der Waals surface area contributed by atoms with Gasteiger partial charge in [0.25, 0.3) is 0 Å². The number of anilines is 1. The van der Waals surface area contributed by atoms with Crippen LogP contribution in [-0.2, 0) is 6.54 Å². The van der Waals surface area contributed by atoms with Gasteiger partial charge >= 0.3 is 0 Å². The molecule has 0 amide bonds. The highest BCUT2D eigenvalue weighted by Crippen LogP contribution is 2.20. The molecule has 1 aliphatic heterocycles. The van der Waals surface area contributed by atoms with E-state index in [0.29, 0.717) is 6.54 Å². The largest absolute Gasteiger partial charge is 0.373 e. The van der Waals surface area contributed by atoms with Crippen molar-refractivity contribution in [2.45, 2.75) is 26.3 Å². The molecule has 0 radical (unpaired) electrons. The predicted molar refractivity (Wildman–Crippen MR) is 78.0 cm³/mol. The average molecular weight is 247 g/mol. The maximum absolute atomic E-state index is 5.84. The third-order valence-corrected chi connectivity index (χ3v) is 3.82. The number of benzene rings is 1. The summed E-state index contributed by atoms with van der Waals surface area (Å²) in [4.78, 5) is 4.88. The summed E-state index contributed by atoms with van der Waals surface area (Å²) in [5.74, 6) is 0.